The fourth-order valence-corrected chi connectivity index (χ4v) is 4.30. The summed E-state index contributed by atoms with van der Waals surface area (Å²) in [4.78, 5) is 51.3. The van der Waals surface area contributed by atoms with Gasteiger partial charge in [-0.25, -0.2) is 4.79 Å². The first-order valence-corrected chi connectivity index (χ1v) is 10.2. The van der Waals surface area contributed by atoms with Gasteiger partial charge in [0.05, 0.1) is 11.8 Å². The van der Waals surface area contributed by atoms with Gasteiger partial charge in [-0.05, 0) is 46.1 Å². The van der Waals surface area contributed by atoms with E-state index in [1.165, 1.54) is 6.92 Å². The molecule has 156 valence electrons. The van der Waals surface area contributed by atoms with Crippen LogP contribution in [0.4, 0.5) is 0 Å². The molecule has 0 saturated carbocycles. The zero-order chi connectivity index (χ0) is 21.3. The summed E-state index contributed by atoms with van der Waals surface area (Å²) in [5, 5.41) is 0. The molecule has 7 heteroatoms. The number of imide groups is 1. The van der Waals surface area contributed by atoms with Crippen molar-refractivity contribution in [3.05, 3.63) is 35.2 Å². The molecule has 2 aliphatic rings. The number of allylic oxidation sites excluding steroid dienone is 2. The van der Waals surface area contributed by atoms with Crippen LogP contribution in [0.25, 0.3) is 0 Å². The SMILES string of the molecule is CCCn1c(C)cc(C(=O)COC(=O)[C@H](C)N2C(=O)[C@H]3CC=CC[C@@H]3C2=O)c1C. The molecule has 0 unspecified atom stereocenters. The molecule has 0 aromatic carbocycles. The summed E-state index contributed by atoms with van der Waals surface area (Å²) in [6.45, 7) is 7.75. The molecule has 2 amide bonds. The highest BCUT2D eigenvalue weighted by molar-refractivity contribution is 6.08. The number of fused-ring (bicyclic) bond motifs is 1. The molecular formula is C22H28N2O5. The number of aryl methyl sites for hydroxylation is 1. The van der Waals surface area contributed by atoms with Crippen LogP contribution >= 0.6 is 0 Å². The largest absolute Gasteiger partial charge is 0.456 e. The molecule has 7 nitrogen and oxygen atoms in total. The minimum atomic E-state index is -1.04. The van der Waals surface area contributed by atoms with Crippen LogP contribution in [-0.4, -0.2) is 45.7 Å². The van der Waals surface area contributed by atoms with Crippen molar-refractivity contribution < 1.29 is 23.9 Å². The van der Waals surface area contributed by atoms with E-state index in [-0.39, 0.29) is 17.6 Å². The van der Waals surface area contributed by atoms with Crippen molar-refractivity contribution in [1.29, 1.82) is 0 Å². The van der Waals surface area contributed by atoms with Crippen LogP contribution in [0.3, 0.4) is 0 Å². The van der Waals surface area contributed by atoms with Crippen LogP contribution in [-0.2, 0) is 25.7 Å². The van der Waals surface area contributed by atoms with Crippen molar-refractivity contribution in [2.75, 3.05) is 6.61 Å². The molecule has 1 aliphatic carbocycles. The lowest BCUT2D eigenvalue weighted by atomic mass is 9.85. The Morgan fingerprint density at radius 2 is 1.72 bits per heavy atom. The predicted octanol–water partition coefficient (Wildman–Crippen LogP) is 2.58. The van der Waals surface area contributed by atoms with E-state index in [9.17, 15) is 19.2 Å². The smallest absolute Gasteiger partial charge is 0.329 e. The number of ether oxygens (including phenoxy) is 1. The van der Waals surface area contributed by atoms with E-state index in [4.69, 9.17) is 4.74 Å². The second-order valence-electron chi connectivity index (χ2n) is 7.85. The summed E-state index contributed by atoms with van der Waals surface area (Å²) in [6, 6.07) is 0.761. The van der Waals surface area contributed by atoms with Gasteiger partial charge in [-0.3, -0.25) is 19.3 Å². The quantitative estimate of drug-likeness (QED) is 0.304. The Kier molecular flexibility index (Phi) is 6.05. The lowest BCUT2D eigenvalue weighted by Gasteiger charge is -2.21. The van der Waals surface area contributed by atoms with E-state index in [1.807, 2.05) is 26.0 Å². The van der Waals surface area contributed by atoms with E-state index in [1.54, 1.807) is 6.07 Å². The number of likely N-dealkylation sites (tertiary alicyclic amines) is 1. The van der Waals surface area contributed by atoms with Crippen LogP contribution < -0.4 is 0 Å². The molecule has 0 bridgehead atoms. The minimum absolute atomic E-state index is 0.294. The molecule has 2 heterocycles. The van der Waals surface area contributed by atoms with Gasteiger partial charge in [0, 0.05) is 23.5 Å². The molecule has 1 aromatic heterocycles. The molecule has 1 aliphatic heterocycles. The highest BCUT2D eigenvalue weighted by Gasteiger charge is 2.50. The Morgan fingerprint density at radius 1 is 1.14 bits per heavy atom. The number of hydrogen-bond acceptors (Lipinski definition) is 5. The number of amides is 2. The van der Waals surface area contributed by atoms with E-state index in [0.717, 1.165) is 29.3 Å². The number of carbonyl (C=O) groups excluding carboxylic acids is 4. The summed E-state index contributed by atoms with van der Waals surface area (Å²) < 4.78 is 7.25. The first-order valence-electron chi connectivity index (χ1n) is 10.2. The highest BCUT2D eigenvalue weighted by Crippen LogP contribution is 2.36. The molecule has 1 fully saturated rings. The Morgan fingerprint density at radius 3 is 2.28 bits per heavy atom. The van der Waals surface area contributed by atoms with Crippen molar-refractivity contribution in [2.24, 2.45) is 11.8 Å². The number of aromatic nitrogens is 1. The number of hydrogen-bond donors (Lipinski definition) is 0. The minimum Gasteiger partial charge on any atom is -0.456 e. The molecule has 3 atom stereocenters. The van der Waals surface area contributed by atoms with Gasteiger partial charge < -0.3 is 9.30 Å². The van der Waals surface area contributed by atoms with Gasteiger partial charge in [-0.2, -0.15) is 0 Å². The van der Waals surface area contributed by atoms with Gasteiger partial charge in [-0.1, -0.05) is 19.1 Å². The van der Waals surface area contributed by atoms with Gasteiger partial charge in [0.25, 0.3) is 0 Å². The fourth-order valence-electron chi connectivity index (χ4n) is 4.30. The second-order valence-corrected chi connectivity index (χ2v) is 7.85. The number of ketones is 1. The van der Waals surface area contributed by atoms with Crippen molar-refractivity contribution in [2.45, 2.75) is 59.5 Å². The summed E-state index contributed by atoms with van der Waals surface area (Å²) in [5.74, 6) is -2.49. The lowest BCUT2D eigenvalue weighted by molar-refractivity contribution is -0.157. The second kappa shape index (κ2) is 8.35. The van der Waals surface area contributed by atoms with Crippen LogP contribution in [0, 0.1) is 25.7 Å². The third kappa shape index (κ3) is 3.78. The summed E-state index contributed by atoms with van der Waals surface area (Å²) in [5.41, 5.74) is 2.36. The normalized spacial score (nSPS) is 22.0. The average molecular weight is 400 g/mol. The van der Waals surface area contributed by atoms with Crippen LogP contribution in [0.15, 0.2) is 18.2 Å². The zero-order valence-corrected chi connectivity index (χ0v) is 17.4. The van der Waals surface area contributed by atoms with Gasteiger partial charge in [0.15, 0.2) is 6.61 Å². The average Bonchev–Trinajstić information content (AvgIpc) is 3.13. The molecule has 1 saturated heterocycles. The lowest BCUT2D eigenvalue weighted by Crippen LogP contribution is -2.44. The number of carbonyl (C=O) groups is 4. The van der Waals surface area contributed by atoms with E-state index < -0.39 is 30.5 Å². The van der Waals surface area contributed by atoms with Gasteiger partial charge in [0.1, 0.15) is 6.04 Å². The molecule has 29 heavy (non-hydrogen) atoms. The van der Waals surface area contributed by atoms with Crippen LogP contribution in [0.5, 0.6) is 0 Å². The van der Waals surface area contributed by atoms with Gasteiger partial charge in [-0.15, -0.1) is 0 Å². The Hall–Kier alpha value is -2.70. The van der Waals surface area contributed by atoms with Crippen LogP contribution in [0.2, 0.25) is 0 Å². The maximum absolute atomic E-state index is 12.6. The van der Waals surface area contributed by atoms with Crippen molar-refractivity contribution in [3.8, 4) is 0 Å². The van der Waals surface area contributed by atoms with E-state index in [0.29, 0.717) is 18.4 Å². The highest BCUT2D eigenvalue weighted by atomic mass is 16.5. The number of rotatable bonds is 7. The molecule has 0 spiro atoms. The summed E-state index contributed by atoms with van der Waals surface area (Å²) in [6.07, 6.45) is 5.77. The Labute approximate surface area is 170 Å². The zero-order valence-electron chi connectivity index (χ0n) is 17.4. The summed E-state index contributed by atoms with van der Waals surface area (Å²) >= 11 is 0. The maximum Gasteiger partial charge on any atom is 0.329 e. The fraction of sp³-hybridized carbons (Fsp3) is 0.545. The molecule has 1 aromatic rings. The molecule has 0 N–H and O–H groups in total. The first-order chi connectivity index (χ1) is 13.8. The molecule has 3 rings (SSSR count). The molecular weight excluding hydrogens is 372 g/mol. The Bertz CT molecular complexity index is 856. The summed E-state index contributed by atoms with van der Waals surface area (Å²) in [7, 11) is 0. The number of nitrogens with zero attached hydrogens (tertiary/aromatic N) is 2. The molecule has 0 radical (unpaired) electrons. The monoisotopic (exact) mass is 400 g/mol. The topological polar surface area (TPSA) is 85.7 Å². The maximum atomic E-state index is 12.6. The van der Waals surface area contributed by atoms with Crippen LogP contribution in [0.1, 0.15) is 54.9 Å². The third-order valence-electron chi connectivity index (χ3n) is 5.94. The predicted molar refractivity (Wildman–Crippen MR) is 106 cm³/mol. The first kappa shape index (κ1) is 21.0. The van der Waals surface area contributed by atoms with Crippen molar-refractivity contribution >= 4 is 23.6 Å². The standard InChI is InChI=1S/C22H28N2O5/c1-5-10-23-13(2)11-18(14(23)3)19(25)12-29-22(28)15(4)24-20(26)16-8-6-7-9-17(16)21(24)27/h6-7,11,15-17H,5,8-10,12H2,1-4H3/t15-,16-,17-/m0/s1. The van der Waals surface area contributed by atoms with Crippen molar-refractivity contribution in [1.82, 2.24) is 9.47 Å². The van der Waals surface area contributed by atoms with Gasteiger partial charge in [0.2, 0.25) is 17.6 Å². The third-order valence-corrected chi connectivity index (χ3v) is 5.94. The van der Waals surface area contributed by atoms with Gasteiger partial charge >= 0.3 is 5.97 Å². The van der Waals surface area contributed by atoms with E-state index >= 15 is 0 Å². The van der Waals surface area contributed by atoms with Crippen molar-refractivity contribution in [3.63, 3.8) is 0 Å². The Balaban J connectivity index is 1.64. The number of esters is 1. The number of Topliss-reactive ketones (excluding diaryl/α,β-unsaturated/α-hetero) is 1. The van der Waals surface area contributed by atoms with E-state index in [2.05, 4.69) is 11.5 Å².